The first-order chi connectivity index (χ1) is 9.63. The maximum atomic E-state index is 12.5. The van der Waals surface area contributed by atoms with Crippen molar-refractivity contribution >= 4 is 12.0 Å². The van der Waals surface area contributed by atoms with Gasteiger partial charge in [-0.05, 0) is 25.7 Å². The molecule has 6 nitrogen and oxygen atoms in total. The minimum Gasteiger partial charge on any atom is -0.481 e. The monoisotopic (exact) mass is 284 g/mol. The van der Waals surface area contributed by atoms with Gasteiger partial charge < -0.3 is 20.0 Å². The zero-order chi connectivity index (χ0) is 14.5. The van der Waals surface area contributed by atoms with Gasteiger partial charge in [-0.25, -0.2) is 4.79 Å². The Hall–Kier alpha value is -1.30. The summed E-state index contributed by atoms with van der Waals surface area (Å²) in [6.07, 6.45) is 5.04. The Morgan fingerprint density at radius 2 is 1.70 bits per heavy atom. The summed E-state index contributed by atoms with van der Waals surface area (Å²) in [6, 6.07) is -0.114. The molecule has 2 N–H and O–H groups in total. The van der Waals surface area contributed by atoms with E-state index in [0.717, 1.165) is 25.7 Å². The van der Waals surface area contributed by atoms with Gasteiger partial charge >= 0.3 is 12.0 Å². The lowest BCUT2D eigenvalue weighted by atomic mass is 9.97. The molecule has 1 atom stereocenters. The number of likely N-dealkylation sites (tertiary alicyclic amines) is 2. The lowest BCUT2D eigenvalue weighted by Gasteiger charge is -2.37. The Kier molecular flexibility index (Phi) is 5.23. The van der Waals surface area contributed by atoms with Crippen LogP contribution < -0.4 is 0 Å². The molecule has 0 aromatic rings. The highest BCUT2D eigenvalue weighted by Crippen LogP contribution is 2.22. The standard InChI is InChI=1S/C14H24N2O4/c17-10-12-4-2-1-3-7-16(12)14(20)15-8-5-11(6-9-15)13(18)19/h11-12,17H,1-10H2,(H,18,19). The van der Waals surface area contributed by atoms with Crippen LogP contribution in [0.2, 0.25) is 0 Å². The number of carbonyl (C=O) groups is 2. The van der Waals surface area contributed by atoms with Gasteiger partial charge in [-0.15, -0.1) is 0 Å². The van der Waals surface area contributed by atoms with Crippen LogP contribution in [0.25, 0.3) is 0 Å². The van der Waals surface area contributed by atoms with Crippen LogP contribution in [-0.2, 0) is 4.79 Å². The van der Waals surface area contributed by atoms with Gasteiger partial charge in [0, 0.05) is 19.6 Å². The van der Waals surface area contributed by atoms with E-state index in [1.54, 1.807) is 9.80 Å². The van der Waals surface area contributed by atoms with Crippen LogP contribution in [0.4, 0.5) is 4.79 Å². The number of carbonyl (C=O) groups excluding carboxylic acids is 1. The molecule has 2 rings (SSSR count). The Morgan fingerprint density at radius 1 is 1.00 bits per heavy atom. The molecule has 2 aliphatic rings. The first-order valence-corrected chi connectivity index (χ1v) is 7.52. The maximum Gasteiger partial charge on any atom is 0.320 e. The van der Waals surface area contributed by atoms with Gasteiger partial charge in [-0.3, -0.25) is 4.79 Å². The predicted octanol–water partition coefficient (Wildman–Crippen LogP) is 1.14. The van der Waals surface area contributed by atoms with Gasteiger partial charge in [0.25, 0.3) is 0 Å². The molecule has 0 aliphatic carbocycles. The van der Waals surface area contributed by atoms with Crippen LogP contribution in [0.5, 0.6) is 0 Å². The highest BCUT2D eigenvalue weighted by molar-refractivity contribution is 5.76. The average molecular weight is 284 g/mol. The molecule has 2 amide bonds. The number of amides is 2. The van der Waals surface area contributed by atoms with Crippen molar-refractivity contribution in [1.29, 1.82) is 0 Å². The summed E-state index contributed by atoms with van der Waals surface area (Å²) >= 11 is 0. The maximum absolute atomic E-state index is 12.5. The predicted molar refractivity (Wildman–Crippen MR) is 73.4 cm³/mol. The summed E-state index contributed by atoms with van der Waals surface area (Å²) in [5, 5.41) is 18.4. The first kappa shape index (κ1) is 15.1. The van der Waals surface area contributed by atoms with E-state index in [1.165, 1.54) is 0 Å². The number of carboxylic acids is 1. The molecular formula is C14H24N2O4. The Labute approximate surface area is 119 Å². The molecule has 0 aromatic carbocycles. The highest BCUT2D eigenvalue weighted by atomic mass is 16.4. The highest BCUT2D eigenvalue weighted by Gasteiger charge is 2.32. The number of aliphatic hydroxyl groups excluding tert-OH is 1. The van der Waals surface area contributed by atoms with Crippen molar-refractivity contribution in [2.24, 2.45) is 5.92 Å². The van der Waals surface area contributed by atoms with Gasteiger partial charge in [-0.1, -0.05) is 12.8 Å². The van der Waals surface area contributed by atoms with Crippen molar-refractivity contribution in [3.05, 3.63) is 0 Å². The lowest BCUT2D eigenvalue weighted by molar-refractivity contribution is -0.143. The second-order valence-corrected chi connectivity index (χ2v) is 5.76. The largest absolute Gasteiger partial charge is 0.481 e. The van der Waals surface area contributed by atoms with E-state index in [4.69, 9.17) is 5.11 Å². The Bertz CT molecular complexity index is 353. The SMILES string of the molecule is O=C(O)C1CCN(C(=O)N2CCCCCC2CO)CC1. The number of nitrogens with zero attached hydrogens (tertiary/aromatic N) is 2. The topological polar surface area (TPSA) is 81.1 Å². The second kappa shape index (κ2) is 6.92. The molecule has 20 heavy (non-hydrogen) atoms. The van der Waals surface area contributed by atoms with Gasteiger partial charge in [0.1, 0.15) is 0 Å². The number of carboxylic acid groups (broad SMARTS) is 1. The zero-order valence-electron chi connectivity index (χ0n) is 11.8. The third-order valence-electron chi connectivity index (χ3n) is 4.45. The first-order valence-electron chi connectivity index (χ1n) is 7.52. The Morgan fingerprint density at radius 3 is 2.30 bits per heavy atom. The van der Waals surface area contributed by atoms with E-state index in [-0.39, 0.29) is 24.6 Å². The number of piperidine rings is 1. The molecule has 6 heteroatoms. The smallest absolute Gasteiger partial charge is 0.320 e. The lowest BCUT2D eigenvalue weighted by Crippen LogP contribution is -2.51. The van der Waals surface area contributed by atoms with Crippen molar-refractivity contribution in [2.75, 3.05) is 26.2 Å². The molecule has 2 heterocycles. The molecule has 114 valence electrons. The zero-order valence-corrected chi connectivity index (χ0v) is 11.8. The second-order valence-electron chi connectivity index (χ2n) is 5.76. The molecule has 0 saturated carbocycles. The molecule has 2 fully saturated rings. The van der Waals surface area contributed by atoms with Crippen molar-refractivity contribution in [3.8, 4) is 0 Å². The molecule has 0 aromatic heterocycles. The number of aliphatic carboxylic acids is 1. The minimum absolute atomic E-state index is 0.0112. The van der Waals surface area contributed by atoms with E-state index >= 15 is 0 Å². The Balaban J connectivity index is 1.94. The summed E-state index contributed by atoms with van der Waals surface area (Å²) in [7, 11) is 0. The van der Waals surface area contributed by atoms with Gasteiger partial charge in [-0.2, -0.15) is 0 Å². The summed E-state index contributed by atoms with van der Waals surface area (Å²) in [4.78, 5) is 27.0. The van der Waals surface area contributed by atoms with Crippen LogP contribution in [0.3, 0.4) is 0 Å². The van der Waals surface area contributed by atoms with Crippen molar-refractivity contribution in [2.45, 2.75) is 44.6 Å². The summed E-state index contributed by atoms with van der Waals surface area (Å²) in [5.41, 5.74) is 0. The summed E-state index contributed by atoms with van der Waals surface area (Å²) < 4.78 is 0. The molecule has 2 aliphatic heterocycles. The third kappa shape index (κ3) is 3.42. The summed E-state index contributed by atoms with van der Waals surface area (Å²) in [6.45, 7) is 1.72. The van der Waals surface area contributed by atoms with E-state index in [1.807, 2.05) is 0 Å². The van der Waals surface area contributed by atoms with E-state index in [2.05, 4.69) is 0 Å². The van der Waals surface area contributed by atoms with Crippen LogP contribution in [0.1, 0.15) is 38.5 Å². The number of hydrogen-bond donors (Lipinski definition) is 2. The average Bonchev–Trinajstić information content (AvgIpc) is 2.71. The fourth-order valence-electron chi connectivity index (χ4n) is 3.12. The molecule has 2 saturated heterocycles. The van der Waals surface area contributed by atoms with E-state index in [9.17, 15) is 14.7 Å². The van der Waals surface area contributed by atoms with E-state index in [0.29, 0.717) is 32.5 Å². The number of hydrogen-bond acceptors (Lipinski definition) is 3. The van der Waals surface area contributed by atoms with Gasteiger partial charge in [0.2, 0.25) is 0 Å². The van der Waals surface area contributed by atoms with Crippen LogP contribution in [0.15, 0.2) is 0 Å². The fourth-order valence-corrected chi connectivity index (χ4v) is 3.12. The molecular weight excluding hydrogens is 260 g/mol. The van der Waals surface area contributed by atoms with Crippen LogP contribution in [-0.4, -0.2) is 64.3 Å². The third-order valence-corrected chi connectivity index (χ3v) is 4.45. The number of rotatable bonds is 2. The number of aliphatic hydroxyl groups is 1. The van der Waals surface area contributed by atoms with Crippen molar-refractivity contribution in [1.82, 2.24) is 9.80 Å². The molecule has 0 bridgehead atoms. The van der Waals surface area contributed by atoms with E-state index < -0.39 is 5.97 Å². The molecule has 1 unspecified atom stereocenters. The van der Waals surface area contributed by atoms with Gasteiger partial charge in [0.05, 0.1) is 18.6 Å². The van der Waals surface area contributed by atoms with Crippen molar-refractivity contribution in [3.63, 3.8) is 0 Å². The van der Waals surface area contributed by atoms with Gasteiger partial charge in [0.15, 0.2) is 0 Å². The quantitative estimate of drug-likeness (QED) is 0.797. The minimum atomic E-state index is -0.764. The fraction of sp³-hybridized carbons (Fsp3) is 0.857. The van der Waals surface area contributed by atoms with Crippen LogP contribution in [0, 0.1) is 5.92 Å². The van der Waals surface area contributed by atoms with Crippen molar-refractivity contribution < 1.29 is 19.8 Å². The normalized spacial score (nSPS) is 25.4. The molecule has 0 spiro atoms. The number of urea groups is 1. The summed E-state index contributed by atoms with van der Waals surface area (Å²) in [5.74, 6) is -1.09. The van der Waals surface area contributed by atoms with Crippen LogP contribution >= 0.6 is 0 Å². The molecule has 0 radical (unpaired) electrons.